The van der Waals surface area contributed by atoms with Crippen molar-refractivity contribution in [1.29, 1.82) is 0 Å². The zero-order chi connectivity index (χ0) is 46.4. The second-order valence-corrected chi connectivity index (χ2v) is 18.7. The van der Waals surface area contributed by atoms with Crippen LogP contribution >= 0.6 is 7.82 Å². The van der Waals surface area contributed by atoms with Gasteiger partial charge in [-0.05, 0) is 70.6 Å². The summed E-state index contributed by atoms with van der Waals surface area (Å²) >= 11 is 0. The fourth-order valence-corrected chi connectivity index (χ4v) is 8.40. The van der Waals surface area contributed by atoms with E-state index in [4.69, 9.17) is 18.5 Å². The van der Waals surface area contributed by atoms with Gasteiger partial charge in [0.1, 0.15) is 43.2 Å². The smallest absolute Gasteiger partial charge is 0.462 e. The summed E-state index contributed by atoms with van der Waals surface area (Å²) in [6.07, 6.45) is 31.9. The quantitative estimate of drug-likeness (QED) is 0.0146. The number of hydrogen-bond donors (Lipinski definition) is 6. The van der Waals surface area contributed by atoms with Gasteiger partial charge < -0.3 is 39.9 Å². The van der Waals surface area contributed by atoms with Crippen molar-refractivity contribution in [2.75, 3.05) is 13.2 Å². The summed E-state index contributed by atoms with van der Waals surface area (Å²) in [4.78, 5) is 35.8. The second-order valence-electron chi connectivity index (χ2n) is 17.3. The molecule has 13 nitrogen and oxygen atoms in total. The molecule has 368 valence electrons. The standard InChI is InChI=1S/C49H89O13P/c1-3-5-7-9-11-13-15-17-19-20-21-22-24-26-28-30-32-34-36-38-43(51)61-41(40-60-63(57,58)62-49-47(55)45(53)44(52)46(54)48(49)56)39-59-42(50)37-35-33-31-29-27-25-23-18-16-14-12-10-8-6-4-2/h11,13,17-19,23,41,44-49,52-56H,3-10,12,14-16,20-22,24-40H2,1-2H3,(H,57,58)/b13-11-,19-17-,23-18-/t41-,44?,45-,46?,47?,48?,49?/m1/s1. The summed E-state index contributed by atoms with van der Waals surface area (Å²) in [7, 11) is -5.12. The summed E-state index contributed by atoms with van der Waals surface area (Å²) < 4.78 is 33.6. The highest BCUT2D eigenvalue weighted by molar-refractivity contribution is 7.47. The number of phosphoric ester groups is 1. The predicted molar refractivity (Wildman–Crippen MR) is 249 cm³/mol. The number of ether oxygens (including phenoxy) is 2. The molecule has 8 atom stereocenters. The molecule has 6 N–H and O–H groups in total. The van der Waals surface area contributed by atoms with Crippen LogP contribution < -0.4 is 0 Å². The van der Waals surface area contributed by atoms with E-state index in [2.05, 4.69) is 50.3 Å². The molecule has 0 amide bonds. The van der Waals surface area contributed by atoms with Gasteiger partial charge in [-0.3, -0.25) is 18.6 Å². The average molecular weight is 917 g/mol. The van der Waals surface area contributed by atoms with E-state index in [1.807, 2.05) is 0 Å². The van der Waals surface area contributed by atoms with Crippen LogP contribution in [0.25, 0.3) is 0 Å². The molecule has 6 unspecified atom stereocenters. The Hall–Kier alpha value is -1.93. The number of rotatable bonds is 41. The van der Waals surface area contributed by atoms with Gasteiger partial charge in [-0.25, -0.2) is 4.57 Å². The first kappa shape index (κ1) is 59.1. The minimum Gasteiger partial charge on any atom is -0.462 e. The Bertz CT molecular complexity index is 1240. The van der Waals surface area contributed by atoms with Gasteiger partial charge in [0.25, 0.3) is 0 Å². The molecule has 0 radical (unpaired) electrons. The van der Waals surface area contributed by atoms with Crippen molar-refractivity contribution in [2.24, 2.45) is 0 Å². The zero-order valence-electron chi connectivity index (χ0n) is 39.1. The Morgan fingerprint density at radius 1 is 0.492 bits per heavy atom. The Kier molecular flexibility index (Phi) is 36.8. The van der Waals surface area contributed by atoms with Gasteiger partial charge in [-0.2, -0.15) is 0 Å². The molecule has 1 fully saturated rings. The van der Waals surface area contributed by atoms with E-state index < -0.39 is 75.7 Å². The van der Waals surface area contributed by atoms with Gasteiger partial charge in [0, 0.05) is 12.8 Å². The largest absolute Gasteiger partial charge is 0.472 e. The Labute approximate surface area is 380 Å². The van der Waals surface area contributed by atoms with Gasteiger partial charge in [0.2, 0.25) is 0 Å². The normalized spacial score (nSPS) is 22.0. The Morgan fingerprint density at radius 3 is 1.33 bits per heavy atom. The lowest BCUT2D eigenvalue weighted by molar-refractivity contribution is -0.220. The molecular formula is C49H89O13P. The van der Waals surface area contributed by atoms with Crippen molar-refractivity contribution in [3.8, 4) is 0 Å². The monoisotopic (exact) mass is 917 g/mol. The molecule has 0 aliphatic heterocycles. The minimum atomic E-state index is -5.12. The Morgan fingerprint density at radius 2 is 0.857 bits per heavy atom. The fourth-order valence-electron chi connectivity index (χ4n) is 7.43. The molecule has 1 aliphatic rings. The number of esters is 2. The van der Waals surface area contributed by atoms with Crippen LogP contribution in [0.5, 0.6) is 0 Å². The summed E-state index contributed by atoms with van der Waals surface area (Å²) in [6.45, 7) is 3.27. The van der Waals surface area contributed by atoms with Gasteiger partial charge in [0.05, 0.1) is 6.61 Å². The van der Waals surface area contributed by atoms with E-state index in [-0.39, 0.29) is 12.8 Å². The number of carbonyl (C=O) groups is 2. The first-order chi connectivity index (χ1) is 30.4. The molecule has 14 heteroatoms. The zero-order valence-corrected chi connectivity index (χ0v) is 40.0. The topological polar surface area (TPSA) is 210 Å². The molecule has 1 aliphatic carbocycles. The molecule has 1 saturated carbocycles. The third-order valence-corrected chi connectivity index (χ3v) is 12.4. The second kappa shape index (κ2) is 39.3. The van der Waals surface area contributed by atoms with Crippen LogP contribution in [0, 0.1) is 0 Å². The van der Waals surface area contributed by atoms with Crippen LogP contribution in [-0.4, -0.2) is 98.3 Å². The number of allylic oxidation sites excluding steroid dienone is 6. The highest BCUT2D eigenvalue weighted by atomic mass is 31.2. The summed E-state index contributed by atoms with van der Waals surface area (Å²) in [5.41, 5.74) is 0. The van der Waals surface area contributed by atoms with Crippen molar-refractivity contribution < 1.29 is 63.1 Å². The molecule has 0 heterocycles. The lowest BCUT2D eigenvalue weighted by atomic mass is 9.85. The number of unbranched alkanes of at least 4 members (excludes halogenated alkanes) is 23. The van der Waals surface area contributed by atoms with Crippen molar-refractivity contribution >= 4 is 19.8 Å². The number of aliphatic hydroxyl groups excluding tert-OH is 5. The van der Waals surface area contributed by atoms with Gasteiger partial charge in [-0.15, -0.1) is 0 Å². The average Bonchev–Trinajstić information content (AvgIpc) is 3.26. The van der Waals surface area contributed by atoms with Crippen LogP contribution in [0.4, 0.5) is 0 Å². The predicted octanol–water partition coefficient (Wildman–Crippen LogP) is 10.2. The first-order valence-electron chi connectivity index (χ1n) is 24.8. The number of phosphoric acid groups is 1. The van der Waals surface area contributed by atoms with E-state index in [1.165, 1.54) is 89.9 Å². The third kappa shape index (κ3) is 31.6. The molecule has 0 aromatic rings. The van der Waals surface area contributed by atoms with E-state index >= 15 is 0 Å². The number of aliphatic hydroxyl groups is 5. The molecule has 0 saturated heterocycles. The summed E-state index contributed by atoms with van der Waals surface area (Å²) in [5, 5.41) is 50.2. The van der Waals surface area contributed by atoms with E-state index in [9.17, 15) is 44.6 Å². The molecule has 0 aromatic heterocycles. The molecule has 0 aromatic carbocycles. The molecular weight excluding hydrogens is 828 g/mol. The van der Waals surface area contributed by atoms with Crippen LogP contribution in [0.1, 0.15) is 206 Å². The third-order valence-electron chi connectivity index (χ3n) is 11.5. The number of hydrogen-bond acceptors (Lipinski definition) is 12. The maximum absolute atomic E-state index is 12.8. The van der Waals surface area contributed by atoms with E-state index in [0.29, 0.717) is 12.8 Å². The maximum Gasteiger partial charge on any atom is 0.472 e. The SMILES string of the molecule is CCCCC/C=C\C/C=C\CCCCCCCCCCCC(=O)O[C@H](COC(=O)CCCCCCC/C=C\CCCCCCCC)COP(=O)(O)OC1C(O)C(O)C(O)[C@@H](O)C1O. The highest BCUT2D eigenvalue weighted by Crippen LogP contribution is 2.47. The maximum atomic E-state index is 12.8. The van der Waals surface area contributed by atoms with Crippen LogP contribution in [0.2, 0.25) is 0 Å². The van der Waals surface area contributed by atoms with E-state index in [0.717, 1.165) is 77.0 Å². The van der Waals surface area contributed by atoms with Crippen LogP contribution in [-0.2, 0) is 32.7 Å². The molecule has 0 spiro atoms. The lowest BCUT2D eigenvalue weighted by Gasteiger charge is -2.41. The van der Waals surface area contributed by atoms with Crippen molar-refractivity contribution in [2.45, 2.75) is 249 Å². The van der Waals surface area contributed by atoms with Crippen LogP contribution in [0.15, 0.2) is 36.5 Å². The summed E-state index contributed by atoms with van der Waals surface area (Å²) in [5.74, 6) is -1.11. The Balaban J connectivity index is 2.43. The first-order valence-corrected chi connectivity index (χ1v) is 26.3. The molecule has 0 bridgehead atoms. The van der Waals surface area contributed by atoms with Crippen molar-refractivity contribution in [3.05, 3.63) is 36.5 Å². The van der Waals surface area contributed by atoms with Crippen molar-refractivity contribution in [3.63, 3.8) is 0 Å². The van der Waals surface area contributed by atoms with Gasteiger partial charge in [0.15, 0.2) is 6.10 Å². The highest BCUT2D eigenvalue weighted by Gasteiger charge is 2.51. The lowest BCUT2D eigenvalue weighted by Crippen LogP contribution is -2.64. The molecule has 1 rings (SSSR count). The number of carbonyl (C=O) groups excluding carboxylic acids is 2. The van der Waals surface area contributed by atoms with E-state index in [1.54, 1.807) is 0 Å². The minimum absolute atomic E-state index is 0.0907. The van der Waals surface area contributed by atoms with Crippen LogP contribution in [0.3, 0.4) is 0 Å². The molecule has 63 heavy (non-hydrogen) atoms. The van der Waals surface area contributed by atoms with Gasteiger partial charge in [-0.1, -0.05) is 159 Å². The van der Waals surface area contributed by atoms with Gasteiger partial charge >= 0.3 is 19.8 Å². The fraction of sp³-hybridized carbons (Fsp3) is 0.837. The van der Waals surface area contributed by atoms with Crippen molar-refractivity contribution in [1.82, 2.24) is 0 Å². The summed E-state index contributed by atoms with van der Waals surface area (Å²) in [6, 6.07) is 0.